The summed E-state index contributed by atoms with van der Waals surface area (Å²) in [6.07, 6.45) is 0.797. The van der Waals surface area contributed by atoms with E-state index in [1.807, 2.05) is 0 Å². The lowest BCUT2D eigenvalue weighted by molar-refractivity contribution is -0.134. The lowest BCUT2D eigenvalue weighted by atomic mass is 10.3. The second-order valence-corrected chi connectivity index (χ2v) is 2.80. The Labute approximate surface area is 80.5 Å². The minimum absolute atomic E-state index is 0.190. The molecule has 0 atom stereocenters. The summed E-state index contributed by atoms with van der Waals surface area (Å²) < 4.78 is 30.2. The van der Waals surface area contributed by atoms with Crippen LogP contribution in [0.1, 0.15) is 19.8 Å². The van der Waals surface area contributed by atoms with E-state index >= 15 is 0 Å². The van der Waals surface area contributed by atoms with Crippen LogP contribution in [0, 0.1) is 11.6 Å². The van der Waals surface area contributed by atoms with Gasteiger partial charge in [0, 0.05) is 12.5 Å². The number of hydrogen-bond donors (Lipinski definition) is 0. The van der Waals surface area contributed by atoms with Gasteiger partial charge in [0.05, 0.1) is 0 Å². The number of carbonyl (C=O) groups is 1. The molecule has 0 aliphatic carbocycles. The van der Waals surface area contributed by atoms with Gasteiger partial charge in [-0.2, -0.15) is 0 Å². The van der Waals surface area contributed by atoms with E-state index in [4.69, 9.17) is 0 Å². The van der Waals surface area contributed by atoms with E-state index in [0.717, 1.165) is 18.2 Å². The van der Waals surface area contributed by atoms with Gasteiger partial charge in [0.1, 0.15) is 5.82 Å². The number of hydrogen-bond acceptors (Lipinski definition) is 2. The van der Waals surface area contributed by atoms with Crippen molar-refractivity contribution in [2.75, 3.05) is 0 Å². The monoisotopic (exact) mass is 200 g/mol. The molecule has 0 radical (unpaired) electrons. The zero-order valence-corrected chi connectivity index (χ0v) is 7.72. The van der Waals surface area contributed by atoms with Crippen LogP contribution in [0.25, 0.3) is 0 Å². The summed E-state index contributed by atoms with van der Waals surface area (Å²) >= 11 is 0. The normalized spacial score (nSPS) is 9.93. The maximum atomic E-state index is 12.9. The highest BCUT2D eigenvalue weighted by atomic mass is 19.1. The molecule has 0 spiro atoms. The van der Waals surface area contributed by atoms with Crippen LogP contribution in [0.2, 0.25) is 0 Å². The fourth-order valence-corrected chi connectivity index (χ4v) is 0.933. The fraction of sp³-hybridized carbons (Fsp3) is 0.300. The Balaban J connectivity index is 2.75. The number of rotatable bonds is 3. The van der Waals surface area contributed by atoms with Crippen molar-refractivity contribution in [2.45, 2.75) is 19.8 Å². The van der Waals surface area contributed by atoms with E-state index in [1.165, 1.54) is 0 Å². The Kier molecular flexibility index (Phi) is 3.56. The molecule has 0 amide bonds. The molecule has 0 heterocycles. The molecular weight excluding hydrogens is 190 g/mol. The summed E-state index contributed by atoms with van der Waals surface area (Å²) in [6.45, 7) is 1.79. The van der Waals surface area contributed by atoms with Gasteiger partial charge in [-0.25, -0.2) is 8.78 Å². The Morgan fingerprint density at radius 2 is 2.14 bits per heavy atom. The van der Waals surface area contributed by atoms with E-state index in [1.54, 1.807) is 6.92 Å². The highest BCUT2D eigenvalue weighted by Crippen LogP contribution is 2.18. The average molecular weight is 200 g/mol. The van der Waals surface area contributed by atoms with Gasteiger partial charge in [-0.3, -0.25) is 4.79 Å². The van der Waals surface area contributed by atoms with Gasteiger partial charge in [-0.15, -0.1) is 0 Å². The molecule has 0 aliphatic rings. The standard InChI is InChI=1S/C10H10F2O2/c1-2-3-10(13)14-9-6-7(11)4-5-8(9)12/h4-6H,2-3H2,1H3. The number of benzene rings is 1. The molecule has 2 nitrogen and oxygen atoms in total. The molecule has 0 aromatic heterocycles. The first-order chi connectivity index (χ1) is 6.63. The predicted molar refractivity (Wildman–Crippen MR) is 46.9 cm³/mol. The lowest BCUT2D eigenvalue weighted by Gasteiger charge is -2.03. The first-order valence-electron chi connectivity index (χ1n) is 4.29. The van der Waals surface area contributed by atoms with Gasteiger partial charge in [0.2, 0.25) is 0 Å². The zero-order valence-electron chi connectivity index (χ0n) is 7.72. The second-order valence-electron chi connectivity index (χ2n) is 2.80. The number of carbonyl (C=O) groups excluding carboxylic acids is 1. The summed E-state index contributed by atoms with van der Waals surface area (Å²) in [5.41, 5.74) is 0. The smallest absolute Gasteiger partial charge is 0.311 e. The van der Waals surface area contributed by atoms with Crippen molar-refractivity contribution in [1.29, 1.82) is 0 Å². The molecule has 0 saturated carbocycles. The lowest BCUT2D eigenvalue weighted by Crippen LogP contribution is -2.08. The summed E-state index contributed by atoms with van der Waals surface area (Å²) in [5.74, 6) is -2.29. The fourth-order valence-electron chi connectivity index (χ4n) is 0.933. The van der Waals surface area contributed by atoms with Gasteiger partial charge in [0.15, 0.2) is 11.6 Å². The van der Waals surface area contributed by atoms with Crippen molar-refractivity contribution >= 4 is 5.97 Å². The Morgan fingerprint density at radius 3 is 2.79 bits per heavy atom. The van der Waals surface area contributed by atoms with Gasteiger partial charge in [0.25, 0.3) is 0 Å². The van der Waals surface area contributed by atoms with Crippen molar-refractivity contribution < 1.29 is 18.3 Å². The van der Waals surface area contributed by atoms with Gasteiger partial charge in [-0.1, -0.05) is 6.92 Å². The highest BCUT2D eigenvalue weighted by molar-refractivity contribution is 5.72. The van der Waals surface area contributed by atoms with Crippen molar-refractivity contribution in [1.82, 2.24) is 0 Å². The van der Waals surface area contributed by atoms with Crippen molar-refractivity contribution in [3.05, 3.63) is 29.8 Å². The van der Waals surface area contributed by atoms with Crippen molar-refractivity contribution in [2.24, 2.45) is 0 Å². The third-order valence-electron chi connectivity index (χ3n) is 1.57. The van der Waals surface area contributed by atoms with Gasteiger partial charge < -0.3 is 4.74 Å². The molecular formula is C10H10F2O2. The molecule has 0 aliphatic heterocycles. The Hall–Kier alpha value is -1.45. The number of ether oxygens (including phenoxy) is 1. The maximum Gasteiger partial charge on any atom is 0.311 e. The first-order valence-corrected chi connectivity index (χ1v) is 4.29. The molecule has 76 valence electrons. The van der Waals surface area contributed by atoms with Gasteiger partial charge in [-0.05, 0) is 18.6 Å². The van der Waals surface area contributed by atoms with E-state index in [9.17, 15) is 13.6 Å². The molecule has 0 fully saturated rings. The first kappa shape index (κ1) is 10.6. The number of halogens is 2. The van der Waals surface area contributed by atoms with Crippen LogP contribution in [0.3, 0.4) is 0 Å². The average Bonchev–Trinajstić information content (AvgIpc) is 2.12. The van der Waals surface area contributed by atoms with Crippen molar-refractivity contribution in [3.63, 3.8) is 0 Å². The third-order valence-corrected chi connectivity index (χ3v) is 1.57. The van der Waals surface area contributed by atoms with Crippen LogP contribution in [0.5, 0.6) is 5.75 Å². The molecule has 4 heteroatoms. The quantitative estimate of drug-likeness (QED) is 0.553. The molecule has 0 bridgehead atoms. The number of esters is 1. The SMILES string of the molecule is CCCC(=O)Oc1cc(F)ccc1F. The summed E-state index contributed by atoms with van der Waals surface area (Å²) in [4.78, 5) is 11.0. The summed E-state index contributed by atoms with van der Waals surface area (Å²) in [7, 11) is 0. The van der Waals surface area contributed by atoms with Gasteiger partial charge >= 0.3 is 5.97 Å². The largest absolute Gasteiger partial charge is 0.423 e. The molecule has 0 unspecified atom stereocenters. The highest BCUT2D eigenvalue weighted by Gasteiger charge is 2.09. The van der Waals surface area contributed by atoms with Crippen molar-refractivity contribution in [3.8, 4) is 5.75 Å². The maximum absolute atomic E-state index is 12.9. The van der Waals surface area contributed by atoms with Crippen LogP contribution >= 0.6 is 0 Å². The van der Waals surface area contributed by atoms with E-state index < -0.39 is 17.6 Å². The second kappa shape index (κ2) is 4.69. The topological polar surface area (TPSA) is 26.3 Å². The predicted octanol–water partition coefficient (Wildman–Crippen LogP) is 2.67. The molecule has 1 aromatic rings. The minimum Gasteiger partial charge on any atom is -0.423 e. The van der Waals surface area contributed by atoms with E-state index in [0.29, 0.717) is 6.42 Å². The minimum atomic E-state index is -0.740. The molecule has 14 heavy (non-hydrogen) atoms. The molecule has 0 saturated heterocycles. The summed E-state index contributed by atoms with van der Waals surface area (Å²) in [6, 6.07) is 2.74. The van der Waals surface area contributed by atoms with Crippen LogP contribution in [-0.2, 0) is 4.79 Å². The summed E-state index contributed by atoms with van der Waals surface area (Å²) in [5, 5.41) is 0. The molecule has 0 N–H and O–H groups in total. The van der Waals surface area contributed by atoms with Crippen LogP contribution < -0.4 is 4.74 Å². The Morgan fingerprint density at radius 1 is 1.43 bits per heavy atom. The zero-order chi connectivity index (χ0) is 10.6. The third kappa shape index (κ3) is 2.80. The van der Waals surface area contributed by atoms with Crippen LogP contribution in [0.4, 0.5) is 8.78 Å². The van der Waals surface area contributed by atoms with Crippen LogP contribution in [0.15, 0.2) is 18.2 Å². The van der Waals surface area contributed by atoms with Crippen LogP contribution in [-0.4, -0.2) is 5.97 Å². The Bertz CT molecular complexity index is 337. The van der Waals surface area contributed by atoms with E-state index in [-0.39, 0.29) is 12.2 Å². The molecule has 1 aromatic carbocycles. The molecule has 1 rings (SSSR count). The van der Waals surface area contributed by atoms with E-state index in [2.05, 4.69) is 4.74 Å².